The average Bonchev–Trinajstić information content (AvgIpc) is 2.92. The molecule has 0 bridgehead atoms. The molecule has 2 atom stereocenters. The van der Waals surface area contributed by atoms with Crippen LogP contribution in [0.5, 0.6) is 0 Å². The van der Waals surface area contributed by atoms with Crippen LogP contribution >= 0.6 is 0 Å². The summed E-state index contributed by atoms with van der Waals surface area (Å²) in [5.74, 6) is 0.0329. The van der Waals surface area contributed by atoms with Crippen LogP contribution in [0.4, 0.5) is 5.69 Å². The number of rotatable bonds is 3. The van der Waals surface area contributed by atoms with Crippen molar-refractivity contribution in [3.8, 4) is 0 Å². The quantitative estimate of drug-likeness (QED) is 0.897. The number of hydrogen-bond acceptors (Lipinski definition) is 3. The molecule has 0 saturated carbocycles. The third kappa shape index (κ3) is 2.50. The molecule has 0 aliphatic carbocycles. The summed E-state index contributed by atoms with van der Waals surface area (Å²) in [5, 5.41) is 6.31. The maximum atomic E-state index is 12.3. The molecule has 1 aliphatic rings. The first-order valence-electron chi connectivity index (χ1n) is 6.79. The van der Waals surface area contributed by atoms with Gasteiger partial charge >= 0.3 is 0 Å². The summed E-state index contributed by atoms with van der Waals surface area (Å²) in [6.45, 7) is 1.98. The highest BCUT2D eigenvalue weighted by Gasteiger charge is 2.27. The van der Waals surface area contributed by atoms with Gasteiger partial charge in [0, 0.05) is 24.5 Å². The highest BCUT2D eigenvalue weighted by atomic mass is 16.2. The molecule has 3 rings (SSSR count). The number of pyridine rings is 1. The van der Waals surface area contributed by atoms with Gasteiger partial charge in [-0.05, 0) is 36.2 Å². The van der Waals surface area contributed by atoms with Crippen LogP contribution in [-0.2, 0) is 11.2 Å². The highest BCUT2D eigenvalue weighted by Crippen LogP contribution is 2.25. The minimum absolute atomic E-state index is 0.0176. The maximum Gasteiger partial charge on any atom is 0.243 e. The Bertz CT molecular complexity index is 587. The van der Waals surface area contributed by atoms with Gasteiger partial charge in [-0.25, -0.2) is 0 Å². The maximum absolute atomic E-state index is 12.3. The largest absolute Gasteiger partial charge is 0.373 e. The number of carbonyl (C=O) groups is 1. The standard InChI is InChI=1S/C16H17N3O/c1-11(12-6-8-17-9-7-12)18-16(20)15-10-13-4-2-3-5-14(13)19-15/h2-9,11,15,19H,10H2,1H3,(H,18,20)/t11-,15?/m1/s1. The van der Waals surface area contributed by atoms with Gasteiger partial charge in [-0.3, -0.25) is 9.78 Å². The molecule has 2 heterocycles. The Morgan fingerprint density at radius 2 is 2.05 bits per heavy atom. The second kappa shape index (κ2) is 5.33. The van der Waals surface area contributed by atoms with E-state index in [2.05, 4.69) is 21.7 Å². The minimum atomic E-state index is -0.184. The molecule has 0 spiro atoms. The summed E-state index contributed by atoms with van der Waals surface area (Å²) in [4.78, 5) is 16.3. The summed E-state index contributed by atoms with van der Waals surface area (Å²) in [5.41, 5.74) is 3.32. The van der Waals surface area contributed by atoms with Crippen molar-refractivity contribution in [2.75, 3.05) is 5.32 Å². The smallest absolute Gasteiger partial charge is 0.243 e. The van der Waals surface area contributed by atoms with Gasteiger partial charge in [-0.2, -0.15) is 0 Å². The van der Waals surface area contributed by atoms with Gasteiger partial charge in [0.2, 0.25) is 5.91 Å². The Morgan fingerprint density at radius 1 is 1.30 bits per heavy atom. The lowest BCUT2D eigenvalue weighted by molar-refractivity contribution is -0.122. The molecule has 0 radical (unpaired) electrons. The molecule has 2 N–H and O–H groups in total. The monoisotopic (exact) mass is 267 g/mol. The number of amides is 1. The molecule has 102 valence electrons. The van der Waals surface area contributed by atoms with Crippen LogP contribution in [0.3, 0.4) is 0 Å². The summed E-state index contributed by atoms with van der Waals surface area (Å²) in [6, 6.07) is 11.7. The zero-order chi connectivity index (χ0) is 13.9. The number of anilines is 1. The zero-order valence-corrected chi connectivity index (χ0v) is 11.3. The van der Waals surface area contributed by atoms with Crippen LogP contribution in [0, 0.1) is 0 Å². The van der Waals surface area contributed by atoms with E-state index in [0.29, 0.717) is 0 Å². The number of benzene rings is 1. The third-order valence-corrected chi connectivity index (χ3v) is 3.65. The fourth-order valence-corrected chi connectivity index (χ4v) is 2.51. The van der Waals surface area contributed by atoms with E-state index in [-0.39, 0.29) is 18.0 Å². The number of nitrogens with one attached hydrogen (secondary N) is 2. The lowest BCUT2D eigenvalue weighted by Crippen LogP contribution is -2.39. The van der Waals surface area contributed by atoms with Gasteiger partial charge in [-0.15, -0.1) is 0 Å². The first-order chi connectivity index (χ1) is 9.74. The first-order valence-corrected chi connectivity index (χ1v) is 6.79. The number of carbonyl (C=O) groups excluding carboxylic acids is 1. The Morgan fingerprint density at radius 3 is 2.80 bits per heavy atom. The average molecular weight is 267 g/mol. The second-order valence-corrected chi connectivity index (χ2v) is 5.07. The van der Waals surface area contributed by atoms with Gasteiger partial charge < -0.3 is 10.6 Å². The van der Waals surface area contributed by atoms with Crippen molar-refractivity contribution in [2.24, 2.45) is 0 Å². The molecule has 1 aromatic carbocycles. The van der Waals surface area contributed by atoms with Crippen molar-refractivity contribution in [1.82, 2.24) is 10.3 Å². The van der Waals surface area contributed by atoms with Gasteiger partial charge in [0.15, 0.2) is 0 Å². The van der Waals surface area contributed by atoms with E-state index in [0.717, 1.165) is 17.7 Å². The number of hydrogen-bond donors (Lipinski definition) is 2. The van der Waals surface area contributed by atoms with E-state index in [1.807, 2.05) is 37.3 Å². The van der Waals surface area contributed by atoms with Crippen molar-refractivity contribution in [3.05, 3.63) is 59.9 Å². The molecule has 20 heavy (non-hydrogen) atoms. The van der Waals surface area contributed by atoms with Gasteiger partial charge in [-0.1, -0.05) is 18.2 Å². The second-order valence-electron chi connectivity index (χ2n) is 5.07. The van der Waals surface area contributed by atoms with Crippen LogP contribution in [0.1, 0.15) is 24.1 Å². The number of fused-ring (bicyclic) bond motifs is 1. The number of nitrogens with zero attached hydrogens (tertiary/aromatic N) is 1. The van der Waals surface area contributed by atoms with Gasteiger partial charge in [0.25, 0.3) is 0 Å². The lowest BCUT2D eigenvalue weighted by atomic mass is 10.1. The molecule has 0 fully saturated rings. The van der Waals surface area contributed by atoms with E-state index in [4.69, 9.17) is 0 Å². The van der Waals surface area contributed by atoms with E-state index in [1.165, 1.54) is 5.56 Å². The van der Waals surface area contributed by atoms with Crippen molar-refractivity contribution < 1.29 is 4.79 Å². The molecule has 1 amide bonds. The Labute approximate surface area is 118 Å². The minimum Gasteiger partial charge on any atom is -0.373 e. The molecule has 0 saturated heterocycles. The summed E-state index contributed by atoms with van der Waals surface area (Å²) < 4.78 is 0. The van der Waals surface area contributed by atoms with Crippen molar-refractivity contribution >= 4 is 11.6 Å². The summed E-state index contributed by atoms with van der Waals surface area (Å²) in [6.07, 6.45) is 4.22. The topological polar surface area (TPSA) is 54.0 Å². The predicted molar refractivity (Wildman–Crippen MR) is 78.4 cm³/mol. The van der Waals surface area contributed by atoms with E-state index >= 15 is 0 Å². The molecule has 1 aliphatic heterocycles. The molecule has 4 heteroatoms. The SMILES string of the molecule is C[C@@H](NC(=O)C1Cc2ccccc2N1)c1ccncc1. The third-order valence-electron chi connectivity index (χ3n) is 3.65. The van der Waals surface area contributed by atoms with Gasteiger partial charge in [0.05, 0.1) is 6.04 Å². The molecule has 2 aromatic rings. The van der Waals surface area contributed by atoms with Crippen molar-refractivity contribution in [3.63, 3.8) is 0 Å². The Kier molecular flexibility index (Phi) is 3.37. The van der Waals surface area contributed by atoms with E-state index in [1.54, 1.807) is 12.4 Å². The Hall–Kier alpha value is -2.36. The summed E-state index contributed by atoms with van der Waals surface area (Å²) in [7, 11) is 0. The van der Waals surface area contributed by atoms with Crippen LogP contribution in [-0.4, -0.2) is 16.9 Å². The fourth-order valence-electron chi connectivity index (χ4n) is 2.51. The van der Waals surface area contributed by atoms with Crippen LogP contribution in [0.15, 0.2) is 48.8 Å². The van der Waals surface area contributed by atoms with E-state index in [9.17, 15) is 4.79 Å². The fraction of sp³-hybridized carbons (Fsp3) is 0.250. The van der Waals surface area contributed by atoms with Crippen LogP contribution < -0.4 is 10.6 Å². The first kappa shape index (κ1) is 12.7. The molecular weight excluding hydrogens is 250 g/mol. The predicted octanol–water partition coefficient (Wildman–Crippen LogP) is 2.30. The van der Waals surface area contributed by atoms with E-state index < -0.39 is 0 Å². The normalized spacial score (nSPS) is 17.9. The molecule has 1 aromatic heterocycles. The molecular formula is C16H17N3O. The van der Waals surface area contributed by atoms with Crippen LogP contribution in [0.2, 0.25) is 0 Å². The number of para-hydroxylation sites is 1. The molecule has 1 unspecified atom stereocenters. The zero-order valence-electron chi connectivity index (χ0n) is 11.3. The summed E-state index contributed by atoms with van der Waals surface area (Å²) >= 11 is 0. The lowest BCUT2D eigenvalue weighted by Gasteiger charge is -2.17. The van der Waals surface area contributed by atoms with Crippen molar-refractivity contribution in [1.29, 1.82) is 0 Å². The Balaban J connectivity index is 1.64. The highest BCUT2D eigenvalue weighted by molar-refractivity contribution is 5.87. The molecule has 4 nitrogen and oxygen atoms in total. The van der Waals surface area contributed by atoms with Crippen molar-refractivity contribution in [2.45, 2.75) is 25.4 Å². The number of aromatic nitrogens is 1. The van der Waals surface area contributed by atoms with Crippen LogP contribution in [0.25, 0.3) is 0 Å². The van der Waals surface area contributed by atoms with Gasteiger partial charge in [0.1, 0.15) is 6.04 Å².